The van der Waals surface area contributed by atoms with E-state index in [0.717, 1.165) is 5.56 Å². The molecule has 1 aliphatic carbocycles. The summed E-state index contributed by atoms with van der Waals surface area (Å²) < 4.78 is 5.29. The second kappa shape index (κ2) is 5.57. The number of hydrogen-bond donors (Lipinski definition) is 3. The monoisotopic (exact) mass is 318 g/mol. The summed E-state index contributed by atoms with van der Waals surface area (Å²) in [7, 11) is 1.57. The van der Waals surface area contributed by atoms with Gasteiger partial charge in [-0.15, -0.1) is 0 Å². The zero-order chi connectivity index (χ0) is 16.6. The zero-order valence-electron chi connectivity index (χ0n) is 12.7. The van der Waals surface area contributed by atoms with Crippen LogP contribution in [0.2, 0.25) is 0 Å². The number of rotatable bonds is 6. The van der Waals surface area contributed by atoms with Crippen molar-refractivity contribution in [3.63, 3.8) is 0 Å². The fourth-order valence-electron chi connectivity index (χ4n) is 3.38. The van der Waals surface area contributed by atoms with Crippen LogP contribution in [0, 0.1) is 11.8 Å². The van der Waals surface area contributed by atoms with Crippen LogP contribution < -0.4 is 15.4 Å². The van der Waals surface area contributed by atoms with Crippen molar-refractivity contribution in [2.75, 3.05) is 7.11 Å². The van der Waals surface area contributed by atoms with Crippen LogP contribution in [0.3, 0.4) is 0 Å². The summed E-state index contributed by atoms with van der Waals surface area (Å²) in [4.78, 5) is 35.1. The molecule has 0 spiro atoms. The smallest absolute Gasteiger partial charge is 0.322 e. The maximum absolute atomic E-state index is 12.3. The van der Waals surface area contributed by atoms with Crippen LogP contribution >= 0.6 is 0 Å². The van der Waals surface area contributed by atoms with Crippen LogP contribution in [0.1, 0.15) is 18.4 Å². The summed E-state index contributed by atoms with van der Waals surface area (Å²) in [6.45, 7) is 0. The molecule has 7 nitrogen and oxygen atoms in total. The predicted molar refractivity (Wildman–Crippen MR) is 80.0 cm³/mol. The number of nitrogens with one attached hydrogen (secondary N) is 2. The van der Waals surface area contributed by atoms with Gasteiger partial charge in [0.25, 0.3) is 5.91 Å². The van der Waals surface area contributed by atoms with E-state index in [9.17, 15) is 14.4 Å². The third-order valence-corrected chi connectivity index (χ3v) is 4.69. The summed E-state index contributed by atoms with van der Waals surface area (Å²) in [5.41, 5.74) is -0.239. The van der Waals surface area contributed by atoms with E-state index in [1.165, 1.54) is 0 Å². The highest BCUT2D eigenvalue weighted by Crippen LogP contribution is 2.49. The Morgan fingerprint density at radius 2 is 2.13 bits per heavy atom. The number of methoxy groups -OCH3 is 1. The Labute approximate surface area is 133 Å². The van der Waals surface area contributed by atoms with E-state index >= 15 is 0 Å². The number of carboxylic acids is 1. The van der Waals surface area contributed by atoms with Crippen LogP contribution in [-0.2, 0) is 16.0 Å². The first-order valence-corrected chi connectivity index (χ1v) is 7.46. The van der Waals surface area contributed by atoms with Crippen molar-refractivity contribution < 1.29 is 24.2 Å². The first-order chi connectivity index (χ1) is 11.0. The topological polar surface area (TPSA) is 105 Å². The largest absolute Gasteiger partial charge is 0.496 e. The Bertz CT molecular complexity index is 674. The van der Waals surface area contributed by atoms with Gasteiger partial charge in [0, 0.05) is 5.92 Å². The number of imide groups is 1. The van der Waals surface area contributed by atoms with Gasteiger partial charge >= 0.3 is 12.0 Å². The number of hydrogen-bond acceptors (Lipinski definition) is 4. The minimum absolute atomic E-state index is 0.333. The van der Waals surface area contributed by atoms with Crippen molar-refractivity contribution >= 4 is 17.9 Å². The van der Waals surface area contributed by atoms with Gasteiger partial charge in [-0.1, -0.05) is 18.2 Å². The number of carboxylic acid groups (broad SMARTS) is 1. The van der Waals surface area contributed by atoms with E-state index in [2.05, 4.69) is 10.6 Å². The van der Waals surface area contributed by atoms with Crippen molar-refractivity contribution in [1.82, 2.24) is 10.6 Å². The maximum atomic E-state index is 12.3. The van der Waals surface area contributed by atoms with Crippen molar-refractivity contribution in [3.05, 3.63) is 29.8 Å². The SMILES string of the molecule is COc1ccccc1CCC1(C2CC2C(=O)O)NC(=O)NC1=O. The molecule has 0 aromatic heterocycles. The molecule has 1 aromatic rings. The number of carbonyl (C=O) groups is 3. The summed E-state index contributed by atoms with van der Waals surface area (Å²) in [5, 5.41) is 14.1. The first kappa shape index (κ1) is 15.3. The van der Waals surface area contributed by atoms with Crippen LogP contribution in [-0.4, -0.2) is 35.7 Å². The molecule has 122 valence electrons. The van der Waals surface area contributed by atoms with Gasteiger partial charge in [0.2, 0.25) is 0 Å². The van der Waals surface area contributed by atoms with Crippen molar-refractivity contribution in [1.29, 1.82) is 0 Å². The highest BCUT2D eigenvalue weighted by atomic mass is 16.5. The van der Waals surface area contributed by atoms with E-state index in [1.54, 1.807) is 7.11 Å². The molecule has 23 heavy (non-hydrogen) atoms. The van der Waals surface area contributed by atoms with Crippen LogP contribution in [0.25, 0.3) is 0 Å². The van der Waals surface area contributed by atoms with Gasteiger partial charge in [0.1, 0.15) is 11.3 Å². The van der Waals surface area contributed by atoms with E-state index in [-0.39, 0.29) is 5.92 Å². The fraction of sp³-hybridized carbons (Fsp3) is 0.438. The lowest BCUT2D eigenvalue weighted by molar-refractivity contribution is -0.139. The van der Waals surface area contributed by atoms with Gasteiger partial charge in [0.15, 0.2) is 0 Å². The maximum Gasteiger partial charge on any atom is 0.322 e. The molecule has 3 N–H and O–H groups in total. The standard InChI is InChI=1S/C16H18N2O5/c1-23-12-5-3-2-4-9(12)6-7-16(11-8-10(11)13(19)20)14(21)17-15(22)18-16/h2-5,10-11H,6-8H2,1H3,(H,19,20)(H2,17,18,21,22). The second-order valence-electron chi connectivity index (χ2n) is 5.98. The molecule has 1 heterocycles. The van der Waals surface area contributed by atoms with Crippen LogP contribution in [0.5, 0.6) is 5.75 Å². The molecule has 3 rings (SSSR count). The fourth-order valence-corrected chi connectivity index (χ4v) is 3.38. The van der Waals surface area contributed by atoms with Crippen LogP contribution in [0.15, 0.2) is 24.3 Å². The predicted octanol–water partition coefficient (Wildman–Crippen LogP) is 0.927. The van der Waals surface area contributed by atoms with Crippen molar-refractivity contribution in [2.45, 2.75) is 24.8 Å². The zero-order valence-corrected chi connectivity index (χ0v) is 12.7. The van der Waals surface area contributed by atoms with Crippen molar-refractivity contribution in [3.8, 4) is 5.75 Å². The Kier molecular flexibility index (Phi) is 3.71. The molecule has 3 atom stereocenters. The number of benzene rings is 1. The Hall–Kier alpha value is -2.57. The quantitative estimate of drug-likeness (QED) is 0.677. The average molecular weight is 318 g/mol. The second-order valence-corrected chi connectivity index (χ2v) is 5.98. The number of aryl methyl sites for hydroxylation is 1. The molecule has 1 aromatic carbocycles. The van der Waals surface area contributed by atoms with E-state index in [0.29, 0.717) is 25.0 Å². The molecule has 7 heteroatoms. The molecule has 3 unspecified atom stereocenters. The average Bonchev–Trinajstić information content (AvgIpc) is 3.27. The molecule has 3 amide bonds. The lowest BCUT2D eigenvalue weighted by Crippen LogP contribution is -2.50. The minimum Gasteiger partial charge on any atom is -0.496 e. The number of carbonyl (C=O) groups excluding carboxylic acids is 2. The Balaban J connectivity index is 1.82. The van der Waals surface area contributed by atoms with Crippen molar-refractivity contribution in [2.24, 2.45) is 11.8 Å². The third kappa shape index (κ3) is 2.62. The summed E-state index contributed by atoms with van der Waals surface area (Å²) in [6.07, 6.45) is 1.23. The molecule has 1 saturated heterocycles. The van der Waals surface area contributed by atoms with E-state index in [1.807, 2.05) is 24.3 Å². The molecular formula is C16H18N2O5. The van der Waals surface area contributed by atoms with Gasteiger partial charge in [0.05, 0.1) is 13.0 Å². The summed E-state index contributed by atoms with van der Waals surface area (Å²) in [6, 6.07) is 6.87. The number of urea groups is 1. The molecule has 0 radical (unpaired) electrons. The number of aliphatic carboxylic acids is 1. The summed E-state index contributed by atoms with van der Waals surface area (Å²) >= 11 is 0. The van der Waals surface area contributed by atoms with E-state index < -0.39 is 29.4 Å². The lowest BCUT2D eigenvalue weighted by Gasteiger charge is -2.26. The molecular weight excluding hydrogens is 300 g/mol. The Morgan fingerprint density at radius 1 is 1.39 bits per heavy atom. The normalized spacial score (nSPS) is 28.9. The molecule has 1 aliphatic heterocycles. The third-order valence-electron chi connectivity index (χ3n) is 4.69. The number of para-hydroxylation sites is 1. The van der Waals surface area contributed by atoms with Gasteiger partial charge in [-0.25, -0.2) is 4.79 Å². The molecule has 2 fully saturated rings. The van der Waals surface area contributed by atoms with Gasteiger partial charge in [-0.05, 0) is 30.9 Å². The molecule has 0 bridgehead atoms. The number of amides is 3. The highest BCUT2D eigenvalue weighted by molar-refractivity contribution is 6.08. The summed E-state index contributed by atoms with van der Waals surface area (Å²) in [5.74, 6) is -1.62. The Morgan fingerprint density at radius 3 is 2.70 bits per heavy atom. The van der Waals surface area contributed by atoms with E-state index in [4.69, 9.17) is 9.84 Å². The number of ether oxygens (including phenoxy) is 1. The molecule has 1 saturated carbocycles. The van der Waals surface area contributed by atoms with Crippen LogP contribution in [0.4, 0.5) is 4.79 Å². The van der Waals surface area contributed by atoms with Gasteiger partial charge in [-0.3, -0.25) is 14.9 Å². The minimum atomic E-state index is -1.15. The van der Waals surface area contributed by atoms with Gasteiger partial charge < -0.3 is 15.2 Å². The first-order valence-electron chi connectivity index (χ1n) is 7.46. The van der Waals surface area contributed by atoms with Gasteiger partial charge in [-0.2, -0.15) is 0 Å². The highest BCUT2D eigenvalue weighted by Gasteiger charge is 2.62. The lowest BCUT2D eigenvalue weighted by atomic mass is 9.85. The molecule has 2 aliphatic rings.